The molecule has 160 valence electrons. The number of amides is 2. The summed E-state index contributed by atoms with van der Waals surface area (Å²) >= 11 is 5.63. The molecule has 6 rings (SSSR count). The maximum atomic E-state index is 13.4. The van der Waals surface area contributed by atoms with E-state index < -0.39 is 5.82 Å². The van der Waals surface area contributed by atoms with Crippen LogP contribution in [0.5, 0.6) is 5.75 Å². The highest BCUT2D eigenvalue weighted by molar-refractivity contribution is 6.30. The first kappa shape index (κ1) is 19.9. The van der Waals surface area contributed by atoms with Gasteiger partial charge in [-0.2, -0.15) is 0 Å². The standard InChI is InChI=1S/C22H20ClFN4O3/c23-14-4-3-13(8-15(14)24)31-9-19(29)27-21-10-22(11-21,12-21)28-20(30)18-6-5-16-17(26-18)2-1-7-25-16/h3-8H,1-2,9-12H2,(H,27,29)(H,28,30). The first-order chi connectivity index (χ1) is 14.9. The van der Waals surface area contributed by atoms with Gasteiger partial charge in [0.2, 0.25) is 0 Å². The SMILES string of the molecule is O=C(COc1ccc(Cl)c(F)c1)NC12CC(NC(=O)c3ccc4c(n3)CCC=N4)(C1)C2. The molecule has 4 aliphatic rings. The third-order valence-electron chi connectivity index (χ3n) is 6.00. The maximum Gasteiger partial charge on any atom is 0.270 e. The van der Waals surface area contributed by atoms with E-state index in [-0.39, 0.29) is 40.3 Å². The quantitative estimate of drug-likeness (QED) is 0.718. The number of halogens is 2. The van der Waals surface area contributed by atoms with Gasteiger partial charge < -0.3 is 15.4 Å². The van der Waals surface area contributed by atoms with E-state index >= 15 is 0 Å². The average Bonchev–Trinajstić information content (AvgIpc) is 2.71. The molecule has 2 bridgehead atoms. The molecule has 0 radical (unpaired) electrons. The summed E-state index contributed by atoms with van der Waals surface area (Å²) in [6, 6.07) is 7.54. The van der Waals surface area contributed by atoms with Gasteiger partial charge in [0.05, 0.1) is 16.4 Å². The zero-order valence-electron chi connectivity index (χ0n) is 16.6. The third kappa shape index (κ3) is 3.76. The summed E-state index contributed by atoms with van der Waals surface area (Å²) in [5.41, 5.74) is 1.45. The first-order valence-corrected chi connectivity index (χ1v) is 10.5. The van der Waals surface area contributed by atoms with Crippen LogP contribution in [0.2, 0.25) is 5.02 Å². The van der Waals surface area contributed by atoms with Crippen molar-refractivity contribution < 1.29 is 18.7 Å². The van der Waals surface area contributed by atoms with Gasteiger partial charge in [-0.1, -0.05) is 11.6 Å². The van der Waals surface area contributed by atoms with Gasteiger partial charge in [-0.15, -0.1) is 0 Å². The second kappa shape index (κ2) is 7.30. The fraction of sp³-hybridized carbons (Fsp3) is 0.364. The van der Waals surface area contributed by atoms with Crippen molar-refractivity contribution in [3.05, 3.63) is 52.6 Å². The van der Waals surface area contributed by atoms with E-state index in [0.717, 1.165) is 30.3 Å². The number of ether oxygens (including phenoxy) is 1. The molecule has 2 amide bonds. The molecule has 0 saturated heterocycles. The van der Waals surface area contributed by atoms with Crippen molar-refractivity contribution >= 4 is 35.3 Å². The van der Waals surface area contributed by atoms with Gasteiger partial charge in [-0.25, -0.2) is 9.37 Å². The molecule has 0 atom stereocenters. The molecule has 1 aliphatic heterocycles. The lowest BCUT2D eigenvalue weighted by Gasteiger charge is -2.70. The zero-order valence-corrected chi connectivity index (χ0v) is 17.3. The van der Waals surface area contributed by atoms with Gasteiger partial charge in [-0.3, -0.25) is 14.6 Å². The van der Waals surface area contributed by atoms with Crippen LogP contribution in [0.15, 0.2) is 35.3 Å². The van der Waals surface area contributed by atoms with E-state index in [1.807, 2.05) is 12.3 Å². The summed E-state index contributed by atoms with van der Waals surface area (Å²) in [6.07, 6.45) is 5.48. The summed E-state index contributed by atoms with van der Waals surface area (Å²) in [5, 5.41) is 6.04. The average molecular weight is 443 g/mol. The number of carbonyl (C=O) groups is 2. The van der Waals surface area contributed by atoms with Crippen LogP contribution in [-0.4, -0.2) is 40.7 Å². The van der Waals surface area contributed by atoms with Crippen LogP contribution in [-0.2, 0) is 11.2 Å². The van der Waals surface area contributed by atoms with Crippen molar-refractivity contribution in [3.63, 3.8) is 0 Å². The molecule has 1 aromatic carbocycles. The second-order valence-electron chi connectivity index (χ2n) is 8.47. The normalized spacial score (nSPS) is 25.0. The van der Waals surface area contributed by atoms with Gasteiger partial charge in [0.15, 0.2) is 6.61 Å². The second-order valence-corrected chi connectivity index (χ2v) is 8.88. The minimum Gasteiger partial charge on any atom is -0.484 e. The highest BCUT2D eigenvalue weighted by atomic mass is 35.5. The van der Waals surface area contributed by atoms with Crippen LogP contribution < -0.4 is 15.4 Å². The monoisotopic (exact) mass is 442 g/mol. The lowest BCUT2D eigenvalue weighted by atomic mass is 9.44. The smallest absolute Gasteiger partial charge is 0.270 e. The summed E-state index contributed by atoms with van der Waals surface area (Å²) in [4.78, 5) is 33.6. The molecule has 2 N–H and O–H groups in total. The molecular formula is C22H20ClFN4O3. The number of hydrogen-bond acceptors (Lipinski definition) is 5. The summed E-state index contributed by atoms with van der Waals surface area (Å²) < 4.78 is 18.8. The fourth-order valence-electron chi connectivity index (χ4n) is 4.69. The molecule has 0 unspecified atom stereocenters. The van der Waals surface area contributed by atoms with Gasteiger partial charge in [0.25, 0.3) is 11.8 Å². The Labute approximate surface area is 183 Å². The van der Waals surface area contributed by atoms with Crippen LogP contribution in [0.3, 0.4) is 0 Å². The number of aliphatic imine (C=N–C) groups is 1. The van der Waals surface area contributed by atoms with Crippen molar-refractivity contribution in [1.29, 1.82) is 0 Å². The number of nitrogens with zero attached hydrogens (tertiary/aromatic N) is 2. The number of aromatic nitrogens is 1. The molecular weight excluding hydrogens is 423 g/mol. The predicted octanol–water partition coefficient (Wildman–Crippen LogP) is 3.12. The van der Waals surface area contributed by atoms with Crippen molar-refractivity contribution in [2.24, 2.45) is 4.99 Å². The largest absolute Gasteiger partial charge is 0.484 e. The van der Waals surface area contributed by atoms with E-state index in [1.165, 1.54) is 12.1 Å². The fourth-order valence-corrected chi connectivity index (χ4v) is 4.81. The Bertz CT molecular complexity index is 1100. The molecule has 2 heterocycles. The summed E-state index contributed by atoms with van der Waals surface area (Å²) in [7, 11) is 0. The number of fused-ring (bicyclic) bond motifs is 1. The lowest BCUT2D eigenvalue weighted by Crippen LogP contribution is -2.84. The molecule has 2 aromatic rings. The van der Waals surface area contributed by atoms with Crippen molar-refractivity contribution in [2.45, 2.75) is 43.2 Å². The molecule has 3 fully saturated rings. The topological polar surface area (TPSA) is 92.7 Å². The van der Waals surface area contributed by atoms with Gasteiger partial charge in [-0.05, 0) is 56.4 Å². The van der Waals surface area contributed by atoms with E-state index in [9.17, 15) is 14.0 Å². The Balaban J connectivity index is 1.11. The van der Waals surface area contributed by atoms with Gasteiger partial charge in [0.1, 0.15) is 17.3 Å². The number of pyridine rings is 1. The minimum atomic E-state index is -0.599. The van der Waals surface area contributed by atoms with E-state index in [2.05, 4.69) is 20.6 Å². The maximum absolute atomic E-state index is 13.4. The Kier molecular flexibility index (Phi) is 4.69. The van der Waals surface area contributed by atoms with Crippen LogP contribution >= 0.6 is 11.6 Å². The Morgan fingerprint density at radius 3 is 2.68 bits per heavy atom. The Morgan fingerprint density at radius 1 is 1.13 bits per heavy atom. The Hall–Kier alpha value is -3.00. The molecule has 1 aromatic heterocycles. The molecule has 7 nitrogen and oxygen atoms in total. The van der Waals surface area contributed by atoms with Crippen LogP contribution in [0, 0.1) is 5.82 Å². The number of benzene rings is 1. The summed E-state index contributed by atoms with van der Waals surface area (Å²) in [5.74, 6) is -0.851. The molecule has 0 spiro atoms. The third-order valence-corrected chi connectivity index (χ3v) is 6.30. The lowest BCUT2D eigenvalue weighted by molar-refractivity contribution is -0.141. The minimum absolute atomic E-state index is 0.00268. The molecule has 9 heteroatoms. The van der Waals surface area contributed by atoms with Crippen LogP contribution in [0.25, 0.3) is 0 Å². The van der Waals surface area contributed by atoms with Crippen molar-refractivity contribution in [1.82, 2.24) is 15.6 Å². The molecule has 3 saturated carbocycles. The number of aryl methyl sites for hydroxylation is 1. The molecule has 3 aliphatic carbocycles. The van der Waals surface area contributed by atoms with Crippen LogP contribution in [0.4, 0.5) is 10.1 Å². The van der Waals surface area contributed by atoms with Crippen molar-refractivity contribution in [3.8, 4) is 5.75 Å². The van der Waals surface area contributed by atoms with Crippen molar-refractivity contribution in [2.75, 3.05) is 6.61 Å². The predicted molar refractivity (Wildman–Crippen MR) is 113 cm³/mol. The Morgan fingerprint density at radius 2 is 1.90 bits per heavy atom. The highest BCUT2D eigenvalue weighted by Gasteiger charge is 2.69. The number of carbonyl (C=O) groups excluding carboxylic acids is 2. The number of hydrogen-bond donors (Lipinski definition) is 2. The van der Waals surface area contributed by atoms with Gasteiger partial charge in [0, 0.05) is 23.4 Å². The highest BCUT2D eigenvalue weighted by Crippen LogP contribution is 2.60. The van der Waals surface area contributed by atoms with E-state index in [1.54, 1.807) is 6.07 Å². The number of rotatable bonds is 6. The van der Waals surface area contributed by atoms with Crippen LogP contribution in [0.1, 0.15) is 41.9 Å². The zero-order chi connectivity index (χ0) is 21.6. The number of nitrogens with one attached hydrogen (secondary N) is 2. The summed E-state index contributed by atoms with van der Waals surface area (Å²) in [6.45, 7) is -0.219. The van der Waals surface area contributed by atoms with E-state index in [0.29, 0.717) is 25.0 Å². The molecule has 31 heavy (non-hydrogen) atoms. The van der Waals surface area contributed by atoms with E-state index in [4.69, 9.17) is 16.3 Å². The first-order valence-electron chi connectivity index (χ1n) is 10.1. The van der Waals surface area contributed by atoms with Gasteiger partial charge >= 0.3 is 0 Å².